The summed E-state index contributed by atoms with van der Waals surface area (Å²) in [6.07, 6.45) is 7.12. The second-order valence-corrected chi connectivity index (χ2v) is 5.83. The topological polar surface area (TPSA) is 9.23 Å². The van der Waals surface area contributed by atoms with Crippen molar-refractivity contribution in [2.45, 2.75) is 65.9 Å². The van der Waals surface area contributed by atoms with Crippen LogP contribution in [0.2, 0.25) is 0 Å². The third kappa shape index (κ3) is 5.01. The third-order valence-corrected chi connectivity index (χ3v) is 3.71. The lowest BCUT2D eigenvalue weighted by Gasteiger charge is -2.30. The largest absolute Gasteiger partial charge is 0.378 e. The molecule has 0 atom stereocenters. The Kier molecular flexibility index (Phi) is 5.66. The van der Waals surface area contributed by atoms with E-state index in [2.05, 4.69) is 27.7 Å². The van der Waals surface area contributed by atoms with Crippen LogP contribution in [0, 0.1) is 17.8 Å². The van der Waals surface area contributed by atoms with Crippen molar-refractivity contribution in [3.8, 4) is 0 Å². The van der Waals surface area contributed by atoms with Crippen molar-refractivity contribution in [1.29, 1.82) is 0 Å². The molecule has 0 radical (unpaired) electrons. The molecule has 0 aromatic carbocycles. The first-order chi connectivity index (χ1) is 7.09. The molecular formula is C14H28O. The summed E-state index contributed by atoms with van der Waals surface area (Å²) in [5.41, 5.74) is 0. The number of hydrogen-bond donors (Lipinski definition) is 0. The maximum atomic E-state index is 5.92. The van der Waals surface area contributed by atoms with Crippen LogP contribution in [-0.4, -0.2) is 12.7 Å². The van der Waals surface area contributed by atoms with E-state index in [9.17, 15) is 0 Å². The average Bonchev–Trinajstić information content (AvgIpc) is 2.18. The van der Waals surface area contributed by atoms with Crippen LogP contribution in [0.3, 0.4) is 0 Å². The van der Waals surface area contributed by atoms with Gasteiger partial charge in [-0.15, -0.1) is 0 Å². The van der Waals surface area contributed by atoms with Crippen molar-refractivity contribution in [2.24, 2.45) is 17.8 Å². The van der Waals surface area contributed by atoms with Crippen LogP contribution in [0.1, 0.15) is 59.8 Å². The molecule has 0 amide bonds. The number of ether oxygens (including phenoxy) is 1. The van der Waals surface area contributed by atoms with Gasteiger partial charge in [0.15, 0.2) is 0 Å². The first kappa shape index (κ1) is 13.0. The van der Waals surface area contributed by atoms with E-state index in [-0.39, 0.29) is 0 Å². The van der Waals surface area contributed by atoms with Gasteiger partial charge in [-0.05, 0) is 49.9 Å². The number of rotatable bonds is 5. The Balaban J connectivity index is 2.09. The summed E-state index contributed by atoms with van der Waals surface area (Å²) in [6.45, 7) is 10.2. The van der Waals surface area contributed by atoms with E-state index in [1.54, 1.807) is 0 Å². The third-order valence-electron chi connectivity index (χ3n) is 3.71. The van der Waals surface area contributed by atoms with Gasteiger partial charge in [-0.2, -0.15) is 0 Å². The fourth-order valence-electron chi connectivity index (χ4n) is 2.39. The van der Waals surface area contributed by atoms with Crippen LogP contribution in [-0.2, 0) is 4.74 Å². The van der Waals surface area contributed by atoms with Crippen LogP contribution < -0.4 is 0 Å². The molecule has 1 aliphatic rings. The second kappa shape index (κ2) is 6.52. The van der Waals surface area contributed by atoms with Gasteiger partial charge in [-0.3, -0.25) is 0 Å². The molecule has 0 spiro atoms. The van der Waals surface area contributed by atoms with Gasteiger partial charge >= 0.3 is 0 Å². The summed E-state index contributed by atoms with van der Waals surface area (Å²) < 4.78 is 5.92. The van der Waals surface area contributed by atoms with Gasteiger partial charge in [0, 0.05) is 6.61 Å². The molecule has 1 saturated carbocycles. The van der Waals surface area contributed by atoms with Gasteiger partial charge in [0.1, 0.15) is 0 Å². The molecule has 0 N–H and O–H groups in total. The van der Waals surface area contributed by atoms with Crippen molar-refractivity contribution >= 4 is 0 Å². The zero-order valence-corrected chi connectivity index (χ0v) is 11.0. The van der Waals surface area contributed by atoms with Crippen molar-refractivity contribution < 1.29 is 4.74 Å². The predicted molar refractivity (Wildman–Crippen MR) is 66.0 cm³/mol. The van der Waals surface area contributed by atoms with Gasteiger partial charge in [0.25, 0.3) is 0 Å². The minimum Gasteiger partial charge on any atom is -0.378 e. The Labute approximate surface area is 95.6 Å². The van der Waals surface area contributed by atoms with Crippen LogP contribution in [0.25, 0.3) is 0 Å². The molecule has 1 fully saturated rings. The summed E-state index contributed by atoms with van der Waals surface area (Å²) >= 11 is 0. The smallest absolute Gasteiger partial charge is 0.0575 e. The summed E-state index contributed by atoms with van der Waals surface area (Å²) in [7, 11) is 0. The molecule has 90 valence electrons. The molecule has 0 aromatic rings. The first-order valence-electron chi connectivity index (χ1n) is 6.71. The minimum absolute atomic E-state index is 0.568. The normalized spacial score (nSPS) is 27.6. The van der Waals surface area contributed by atoms with Crippen LogP contribution in [0.15, 0.2) is 0 Å². The minimum atomic E-state index is 0.568. The maximum Gasteiger partial charge on any atom is 0.0575 e. The molecule has 0 aliphatic heterocycles. The van der Waals surface area contributed by atoms with Gasteiger partial charge in [0.2, 0.25) is 0 Å². The van der Waals surface area contributed by atoms with E-state index in [0.29, 0.717) is 6.10 Å². The molecule has 0 bridgehead atoms. The fourth-order valence-corrected chi connectivity index (χ4v) is 2.39. The van der Waals surface area contributed by atoms with Crippen LogP contribution >= 0.6 is 0 Å². The van der Waals surface area contributed by atoms with E-state index >= 15 is 0 Å². The Morgan fingerprint density at radius 3 is 2.07 bits per heavy atom. The molecule has 1 nitrogen and oxygen atoms in total. The van der Waals surface area contributed by atoms with Crippen LogP contribution in [0.5, 0.6) is 0 Å². The van der Waals surface area contributed by atoms with E-state index in [1.807, 2.05) is 0 Å². The second-order valence-electron chi connectivity index (χ2n) is 5.83. The Bertz CT molecular complexity index is 152. The highest BCUT2D eigenvalue weighted by molar-refractivity contribution is 4.74. The molecule has 0 unspecified atom stereocenters. The van der Waals surface area contributed by atoms with Crippen molar-refractivity contribution in [3.05, 3.63) is 0 Å². The van der Waals surface area contributed by atoms with Gasteiger partial charge in [-0.25, -0.2) is 0 Å². The van der Waals surface area contributed by atoms with Gasteiger partial charge in [0.05, 0.1) is 6.10 Å². The van der Waals surface area contributed by atoms with Gasteiger partial charge < -0.3 is 4.74 Å². The van der Waals surface area contributed by atoms with E-state index in [1.165, 1.54) is 32.1 Å². The van der Waals surface area contributed by atoms with Gasteiger partial charge in [-0.1, -0.05) is 27.7 Å². The van der Waals surface area contributed by atoms with E-state index in [4.69, 9.17) is 4.74 Å². The summed E-state index contributed by atoms with van der Waals surface area (Å²) in [5, 5.41) is 0. The van der Waals surface area contributed by atoms with Crippen molar-refractivity contribution in [2.75, 3.05) is 6.61 Å². The molecule has 1 rings (SSSR count). The molecule has 1 aliphatic carbocycles. The van der Waals surface area contributed by atoms with Crippen LogP contribution in [0.4, 0.5) is 0 Å². The molecule has 0 aromatic heterocycles. The Hall–Kier alpha value is -0.0400. The monoisotopic (exact) mass is 212 g/mol. The molecule has 0 heterocycles. The highest BCUT2D eigenvalue weighted by atomic mass is 16.5. The maximum absolute atomic E-state index is 5.92. The summed E-state index contributed by atoms with van der Waals surface area (Å²) in [4.78, 5) is 0. The van der Waals surface area contributed by atoms with Crippen molar-refractivity contribution in [3.63, 3.8) is 0 Å². The lowest BCUT2D eigenvalue weighted by molar-refractivity contribution is 0.00845. The zero-order valence-electron chi connectivity index (χ0n) is 11.0. The Morgan fingerprint density at radius 2 is 1.60 bits per heavy atom. The fraction of sp³-hybridized carbons (Fsp3) is 1.00. The van der Waals surface area contributed by atoms with E-state index < -0.39 is 0 Å². The van der Waals surface area contributed by atoms with Crippen molar-refractivity contribution in [1.82, 2.24) is 0 Å². The standard InChI is InChI=1S/C14H28O/c1-11(2)9-10-15-14-7-5-13(6-8-14)12(3)4/h11-14H,5-10H2,1-4H3/t13-,14-. The molecule has 1 heteroatoms. The zero-order chi connectivity index (χ0) is 11.3. The molecular weight excluding hydrogens is 184 g/mol. The first-order valence-corrected chi connectivity index (χ1v) is 6.71. The van der Waals surface area contributed by atoms with E-state index in [0.717, 1.165) is 24.4 Å². The highest BCUT2D eigenvalue weighted by Gasteiger charge is 2.23. The predicted octanol–water partition coefficient (Wildman–Crippen LogP) is 4.26. The quantitative estimate of drug-likeness (QED) is 0.661. The Morgan fingerprint density at radius 1 is 1.00 bits per heavy atom. The SMILES string of the molecule is CC(C)CCO[C@H]1CC[C@H](C(C)C)CC1. The molecule has 15 heavy (non-hydrogen) atoms. The highest BCUT2D eigenvalue weighted by Crippen LogP contribution is 2.31. The lowest BCUT2D eigenvalue weighted by atomic mass is 9.80. The summed E-state index contributed by atoms with van der Waals surface area (Å²) in [6, 6.07) is 0. The molecule has 0 saturated heterocycles. The average molecular weight is 212 g/mol. The number of hydrogen-bond acceptors (Lipinski definition) is 1. The lowest BCUT2D eigenvalue weighted by Crippen LogP contribution is -2.24. The summed E-state index contributed by atoms with van der Waals surface area (Å²) in [5.74, 6) is 2.59.